The van der Waals surface area contributed by atoms with Crippen molar-refractivity contribution in [3.63, 3.8) is 0 Å². The number of ketones is 1. The van der Waals surface area contributed by atoms with E-state index in [9.17, 15) is 14.7 Å². The lowest BCUT2D eigenvalue weighted by Crippen LogP contribution is -2.41. The minimum absolute atomic E-state index is 0.201. The molecule has 4 heterocycles. The second-order valence-electron chi connectivity index (χ2n) is 7.42. The van der Waals surface area contributed by atoms with E-state index in [-0.39, 0.29) is 23.1 Å². The highest BCUT2D eigenvalue weighted by atomic mass is 32.1. The number of aromatic hydroxyl groups is 1. The molecule has 0 aliphatic carbocycles. The van der Waals surface area contributed by atoms with Crippen molar-refractivity contribution in [2.45, 2.75) is 13.8 Å². The standard InChI is InChI=1S/C24H18N4O3S/c1-13-19-17(23(30)26-24(31)22(19)25-20(13)14(2)29)11-15-12-28(16-7-4-3-5-8-16)27-21(15)18-9-6-10-32-18/h3-12,31H,1-2H3,(H,26,30). The number of nitrogens with zero attached hydrogens (tertiary/aromatic N) is 3. The van der Waals surface area contributed by atoms with Gasteiger partial charge in [-0.2, -0.15) is 5.10 Å². The third kappa shape index (κ3) is 3.21. The molecule has 1 aliphatic heterocycles. The van der Waals surface area contributed by atoms with Crippen molar-refractivity contribution in [2.24, 2.45) is 4.99 Å². The van der Waals surface area contributed by atoms with Crippen LogP contribution in [0.1, 0.15) is 19.4 Å². The summed E-state index contributed by atoms with van der Waals surface area (Å²) in [4.78, 5) is 32.6. The molecule has 1 aliphatic rings. The van der Waals surface area contributed by atoms with Gasteiger partial charge in [-0.1, -0.05) is 24.3 Å². The summed E-state index contributed by atoms with van der Waals surface area (Å²) in [6, 6.07) is 13.6. The van der Waals surface area contributed by atoms with Crippen molar-refractivity contribution in [1.82, 2.24) is 14.8 Å². The number of H-pyrrole nitrogens is 1. The van der Waals surface area contributed by atoms with Crippen LogP contribution < -0.4 is 16.0 Å². The molecule has 4 aromatic rings. The first-order chi connectivity index (χ1) is 15.4. The van der Waals surface area contributed by atoms with E-state index in [0.29, 0.717) is 16.0 Å². The van der Waals surface area contributed by atoms with Crippen LogP contribution in [0.5, 0.6) is 5.88 Å². The summed E-state index contributed by atoms with van der Waals surface area (Å²) in [5.74, 6) is -0.580. The Bertz CT molecular complexity index is 1580. The number of para-hydroxylation sites is 1. The van der Waals surface area contributed by atoms with E-state index in [4.69, 9.17) is 5.10 Å². The van der Waals surface area contributed by atoms with Gasteiger partial charge in [0.25, 0.3) is 5.56 Å². The number of aromatic amines is 1. The topological polar surface area (TPSA) is 100 Å². The fourth-order valence-corrected chi connectivity index (χ4v) is 4.57. The number of carbonyl (C=O) groups excluding carboxylic acids is 1. The Morgan fingerprint density at radius 2 is 1.97 bits per heavy atom. The van der Waals surface area contributed by atoms with Crippen LogP contribution in [0.2, 0.25) is 0 Å². The van der Waals surface area contributed by atoms with Gasteiger partial charge in [0.05, 0.1) is 15.8 Å². The number of aromatic nitrogens is 3. The van der Waals surface area contributed by atoms with Crippen LogP contribution >= 0.6 is 11.3 Å². The molecule has 0 amide bonds. The number of aliphatic imine (C=N–C) groups is 1. The highest BCUT2D eigenvalue weighted by Gasteiger charge is 2.22. The number of thiophene rings is 1. The number of nitrogens with one attached hydrogen (secondary N) is 1. The van der Waals surface area contributed by atoms with E-state index >= 15 is 0 Å². The fraction of sp³-hybridized carbons (Fsp3) is 0.0833. The van der Waals surface area contributed by atoms with E-state index in [0.717, 1.165) is 21.8 Å². The molecule has 0 bridgehead atoms. The molecule has 0 spiro atoms. The molecule has 1 aromatic carbocycles. The summed E-state index contributed by atoms with van der Waals surface area (Å²) in [6.07, 6.45) is 3.60. The molecule has 0 unspecified atom stereocenters. The Kier molecular flexibility index (Phi) is 4.71. The van der Waals surface area contributed by atoms with Crippen molar-refractivity contribution in [3.8, 4) is 22.1 Å². The van der Waals surface area contributed by atoms with E-state index < -0.39 is 5.56 Å². The first-order valence-electron chi connectivity index (χ1n) is 9.91. The summed E-state index contributed by atoms with van der Waals surface area (Å²) in [7, 11) is 0. The molecule has 0 fully saturated rings. The van der Waals surface area contributed by atoms with Crippen LogP contribution in [0.25, 0.3) is 27.9 Å². The first kappa shape index (κ1) is 19.9. The van der Waals surface area contributed by atoms with Crippen molar-refractivity contribution >= 4 is 40.2 Å². The summed E-state index contributed by atoms with van der Waals surface area (Å²) < 4.78 is 1.77. The van der Waals surface area contributed by atoms with Crippen molar-refractivity contribution in [3.05, 3.63) is 80.4 Å². The molecule has 2 N–H and O–H groups in total. The van der Waals surface area contributed by atoms with Gasteiger partial charge in [0, 0.05) is 23.9 Å². The molecule has 8 heteroatoms. The number of Topliss-reactive ketones (excluding diaryl/α,β-unsaturated/α-hetero) is 1. The normalized spacial score (nSPS) is 13.4. The molecule has 0 atom stereocenters. The zero-order chi connectivity index (χ0) is 22.4. The Labute approximate surface area is 186 Å². The predicted octanol–water partition coefficient (Wildman–Crippen LogP) is 2.67. The van der Waals surface area contributed by atoms with Gasteiger partial charge in [-0.3, -0.25) is 14.6 Å². The maximum Gasteiger partial charge on any atom is 0.258 e. The Hall–Kier alpha value is -4.04. The fourth-order valence-electron chi connectivity index (χ4n) is 3.84. The molecular weight excluding hydrogens is 424 g/mol. The van der Waals surface area contributed by atoms with Crippen molar-refractivity contribution in [2.75, 3.05) is 0 Å². The van der Waals surface area contributed by atoms with Gasteiger partial charge in [0.15, 0.2) is 5.78 Å². The SMILES string of the molecule is CC(=O)C1=Nc2c(O)[nH]c(=O)c(=Cc3cn(-c4ccccc4)nc3-c3cccs3)c2=C1C. The molecule has 0 saturated carbocycles. The molecule has 158 valence electrons. The number of benzene rings is 1. The van der Waals surface area contributed by atoms with Crippen molar-refractivity contribution < 1.29 is 9.90 Å². The number of fused-ring (bicyclic) bond motifs is 1. The van der Waals surface area contributed by atoms with Gasteiger partial charge in [0.1, 0.15) is 17.1 Å². The minimum atomic E-state index is -0.467. The Morgan fingerprint density at radius 1 is 1.19 bits per heavy atom. The summed E-state index contributed by atoms with van der Waals surface area (Å²) in [6.45, 7) is 3.14. The zero-order valence-electron chi connectivity index (χ0n) is 17.3. The van der Waals surface area contributed by atoms with Gasteiger partial charge >= 0.3 is 0 Å². The van der Waals surface area contributed by atoms with E-state index in [1.165, 1.54) is 6.92 Å². The average Bonchev–Trinajstić information content (AvgIpc) is 3.50. The molecule has 0 radical (unpaired) electrons. The Balaban J connectivity index is 1.82. The smallest absolute Gasteiger partial charge is 0.258 e. The molecular formula is C24H18N4O3S. The summed E-state index contributed by atoms with van der Waals surface area (Å²) in [5.41, 5.74) is 2.89. The van der Waals surface area contributed by atoms with Gasteiger partial charge in [-0.25, -0.2) is 9.67 Å². The number of hydrogen-bond acceptors (Lipinski definition) is 6. The zero-order valence-corrected chi connectivity index (χ0v) is 18.1. The minimum Gasteiger partial charge on any atom is -0.493 e. The van der Waals surface area contributed by atoms with Crippen LogP contribution in [0.4, 0.5) is 5.69 Å². The van der Waals surface area contributed by atoms with E-state index in [2.05, 4.69) is 9.98 Å². The number of rotatable bonds is 4. The lowest BCUT2D eigenvalue weighted by Gasteiger charge is -1.99. The summed E-state index contributed by atoms with van der Waals surface area (Å²) in [5, 5.41) is 17.8. The quantitative estimate of drug-likeness (QED) is 0.507. The van der Waals surface area contributed by atoms with Crippen LogP contribution in [0.3, 0.4) is 0 Å². The van der Waals surface area contributed by atoms with Crippen LogP contribution in [0, 0.1) is 0 Å². The number of hydrogen-bond donors (Lipinski definition) is 2. The van der Waals surface area contributed by atoms with Gasteiger partial charge in [-0.15, -0.1) is 11.3 Å². The molecule has 0 saturated heterocycles. The highest BCUT2D eigenvalue weighted by molar-refractivity contribution is 7.13. The predicted molar refractivity (Wildman–Crippen MR) is 125 cm³/mol. The second kappa shape index (κ2) is 7.58. The highest BCUT2D eigenvalue weighted by Crippen LogP contribution is 2.28. The molecule has 3 aromatic heterocycles. The Morgan fingerprint density at radius 3 is 2.66 bits per heavy atom. The average molecular weight is 443 g/mol. The monoisotopic (exact) mass is 442 g/mol. The molecule has 5 rings (SSSR count). The first-order valence-corrected chi connectivity index (χ1v) is 10.8. The maximum absolute atomic E-state index is 12.9. The third-order valence-electron chi connectivity index (χ3n) is 5.31. The van der Waals surface area contributed by atoms with Crippen LogP contribution in [0.15, 0.2) is 63.8 Å². The number of pyridine rings is 1. The second-order valence-corrected chi connectivity index (χ2v) is 8.36. The maximum atomic E-state index is 12.9. The molecule has 7 nitrogen and oxygen atoms in total. The van der Waals surface area contributed by atoms with Crippen LogP contribution in [-0.4, -0.2) is 31.4 Å². The largest absolute Gasteiger partial charge is 0.493 e. The van der Waals surface area contributed by atoms with Gasteiger partial charge in [-0.05, 0) is 42.2 Å². The third-order valence-corrected chi connectivity index (χ3v) is 6.19. The van der Waals surface area contributed by atoms with E-state index in [1.54, 1.807) is 29.0 Å². The van der Waals surface area contributed by atoms with Crippen LogP contribution in [-0.2, 0) is 4.79 Å². The summed E-state index contributed by atoms with van der Waals surface area (Å²) >= 11 is 1.55. The van der Waals surface area contributed by atoms with Gasteiger partial charge in [0.2, 0.25) is 5.88 Å². The molecule has 32 heavy (non-hydrogen) atoms. The van der Waals surface area contributed by atoms with Crippen molar-refractivity contribution in [1.29, 1.82) is 0 Å². The van der Waals surface area contributed by atoms with Gasteiger partial charge < -0.3 is 5.11 Å². The van der Waals surface area contributed by atoms with E-state index in [1.807, 2.05) is 54.0 Å². The lowest BCUT2D eigenvalue weighted by molar-refractivity contribution is -0.110. The lowest BCUT2D eigenvalue weighted by atomic mass is 10.1. The number of carbonyl (C=O) groups is 1.